The van der Waals surface area contributed by atoms with Gasteiger partial charge in [-0.25, -0.2) is 0 Å². The third-order valence-corrected chi connectivity index (χ3v) is 1.97. The van der Waals surface area contributed by atoms with E-state index in [0.29, 0.717) is 0 Å². The number of nitriles is 1. The summed E-state index contributed by atoms with van der Waals surface area (Å²) in [5, 5.41) is 8.48. The molecule has 0 amide bonds. The van der Waals surface area contributed by atoms with Gasteiger partial charge < -0.3 is 0 Å². The van der Waals surface area contributed by atoms with Crippen LogP contribution in [0.1, 0.15) is 22.3 Å². The Balaban J connectivity index is 2.78. The standard InChI is InChI=1S/C11H6F3NO2/c12-11(13,14)10(17)5-9(16)8-3-1-7(6-15)2-4-8/h1-4H,5H2. The van der Waals surface area contributed by atoms with Gasteiger partial charge in [0, 0.05) is 5.56 Å². The lowest BCUT2D eigenvalue weighted by Crippen LogP contribution is -2.25. The number of hydrogen-bond donors (Lipinski definition) is 0. The maximum Gasteiger partial charge on any atom is 0.450 e. The first-order valence-corrected chi connectivity index (χ1v) is 4.48. The molecule has 0 aliphatic rings. The van der Waals surface area contributed by atoms with E-state index in [1.807, 2.05) is 0 Å². The first-order valence-electron chi connectivity index (χ1n) is 4.48. The number of alkyl halides is 3. The Morgan fingerprint density at radius 1 is 1.18 bits per heavy atom. The molecule has 88 valence electrons. The molecule has 0 N–H and O–H groups in total. The molecule has 0 bridgehead atoms. The fourth-order valence-corrected chi connectivity index (χ4v) is 1.08. The number of carbonyl (C=O) groups is 2. The second-order valence-corrected chi connectivity index (χ2v) is 3.21. The highest BCUT2D eigenvalue weighted by atomic mass is 19.4. The van der Waals surface area contributed by atoms with E-state index in [1.54, 1.807) is 6.07 Å². The molecule has 0 fully saturated rings. The summed E-state index contributed by atoms with van der Waals surface area (Å²) in [5.41, 5.74) is 0.255. The number of benzene rings is 1. The molecule has 0 atom stereocenters. The maximum atomic E-state index is 11.9. The van der Waals surface area contributed by atoms with E-state index in [0.717, 1.165) is 0 Å². The van der Waals surface area contributed by atoms with Crippen molar-refractivity contribution in [2.75, 3.05) is 0 Å². The second kappa shape index (κ2) is 4.78. The van der Waals surface area contributed by atoms with Gasteiger partial charge in [-0.15, -0.1) is 0 Å². The predicted octanol–water partition coefficient (Wildman–Crippen LogP) is 2.26. The summed E-state index contributed by atoms with van der Waals surface area (Å²) in [6.07, 6.45) is -6.21. The van der Waals surface area contributed by atoms with Crippen LogP contribution in [0.25, 0.3) is 0 Å². The summed E-state index contributed by atoms with van der Waals surface area (Å²) in [4.78, 5) is 21.9. The van der Waals surface area contributed by atoms with Crippen LogP contribution < -0.4 is 0 Å². The van der Waals surface area contributed by atoms with Crippen molar-refractivity contribution in [3.8, 4) is 6.07 Å². The highest BCUT2D eigenvalue weighted by molar-refractivity contribution is 6.09. The lowest BCUT2D eigenvalue weighted by molar-refractivity contribution is -0.170. The number of halogens is 3. The molecule has 3 nitrogen and oxygen atoms in total. The minimum atomic E-state index is -5.00. The molecule has 0 spiro atoms. The zero-order valence-corrected chi connectivity index (χ0v) is 8.41. The molecule has 17 heavy (non-hydrogen) atoms. The molecule has 1 aromatic rings. The molecule has 6 heteroatoms. The highest BCUT2D eigenvalue weighted by Crippen LogP contribution is 2.19. The van der Waals surface area contributed by atoms with E-state index in [-0.39, 0.29) is 11.1 Å². The zero-order chi connectivity index (χ0) is 13.1. The van der Waals surface area contributed by atoms with Crippen LogP contribution in [0.5, 0.6) is 0 Å². The van der Waals surface area contributed by atoms with Crippen LogP contribution in [-0.4, -0.2) is 17.7 Å². The summed E-state index contributed by atoms with van der Waals surface area (Å²) >= 11 is 0. The highest BCUT2D eigenvalue weighted by Gasteiger charge is 2.39. The quantitative estimate of drug-likeness (QED) is 0.602. The van der Waals surface area contributed by atoms with Crippen LogP contribution in [0.2, 0.25) is 0 Å². The molecular formula is C11H6F3NO2. The number of Topliss-reactive ketones (excluding diaryl/α,β-unsaturated/α-hetero) is 2. The Morgan fingerprint density at radius 3 is 2.12 bits per heavy atom. The van der Waals surface area contributed by atoms with Gasteiger partial charge in [0.05, 0.1) is 18.1 Å². The van der Waals surface area contributed by atoms with Gasteiger partial charge in [0.2, 0.25) is 5.78 Å². The molecule has 0 saturated carbocycles. The van der Waals surface area contributed by atoms with E-state index < -0.39 is 24.2 Å². The minimum Gasteiger partial charge on any atom is -0.294 e. The van der Waals surface area contributed by atoms with E-state index in [9.17, 15) is 22.8 Å². The summed E-state index contributed by atoms with van der Waals surface area (Å²) in [5.74, 6) is -3.00. The van der Waals surface area contributed by atoms with Crippen molar-refractivity contribution in [3.63, 3.8) is 0 Å². The third kappa shape index (κ3) is 3.41. The summed E-state index contributed by atoms with van der Waals surface area (Å²) in [6.45, 7) is 0. The van der Waals surface area contributed by atoms with Gasteiger partial charge in [0.1, 0.15) is 0 Å². The topological polar surface area (TPSA) is 57.9 Å². The van der Waals surface area contributed by atoms with Gasteiger partial charge >= 0.3 is 6.18 Å². The van der Waals surface area contributed by atoms with Gasteiger partial charge in [0.15, 0.2) is 5.78 Å². The van der Waals surface area contributed by atoms with Crippen molar-refractivity contribution in [1.82, 2.24) is 0 Å². The van der Waals surface area contributed by atoms with Gasteiger partial charge in [-0.2, -0.15) is 18.4 Å². The average molecular weight is 241 g/mol. The smallest absolute Gasteiger partial charge is 0.294 e. The van der Waals surface area contributed by atoms with Crippen molar-refractivity contribution < 1.29 is 22.8 Å². The maximum absolute atomic E-state index is 11.9. The molecule has 0 saturated heterocycles. The zero-order valence-electron chi connectivity index (χ0n) is 8.41. The number of carbonyl (C=O) groups excluding carboxylic acids is 2. The summed E-state index contributed by atoms with van der Waals surface area (Å²) in [6, 6.07) is 6.82. The summed E-state index contributed by atoms with van der Waals surface area (Å²) < 4.78 is 35.7. The van der Waals surface area contributed by atoms with Crippen LogP contribution in [0.3, 0.4) is 0 Å². The van der Waals surface area contributed by atoms with Crippen LogP contribution in [0.4, 0.5) is 13.2 Å². The third-order valence-electron chi connectivity index (χ3n) is 1.97. The molecule has 0 aromatic heterocycles. The molecule has 0 radical (unpaired) electrons. The van der Waals surface area contributed by atoms with E-state index in [2.05, 4.69) is 0 Å². The fourth-order valence-electron chi connectivity index (χ4n) is 1.08. The molecule has 0 aliphatic heterocycles. The average Bonchev–Trinajstić information content (AvgIpc) is 2.27. The molecule has 0 aliphatic carbocycles. The van der Waals surface area contributed by atoms with Crippen molar-refractivity contribution in [2.45, 2.75) is 12.6 Å². The summed E-state index contributed by atoms with van der Waals surface area (Å²) in [7, 11) is 0. The first-order chi connectivity index (χ1) is 7.84. The molecule has 0 heterocycles. The van der Waals surface area contributed by atoms with E-state index in [1.165, 1.54) is 24.3 Å². The Kier molecular flexibility index (Phi) is 3.63. The lowest BCUT2D eigenvalue weighted by Gasteiger charge is -2.04. The molecule has 0 unspecified atom stereocenters. The number of nitrogens with zero attached hydrogens (tertiary/aromatic N) is 1. The predicted molar refractivity (Wildman–Crippen MR) is 51.2 cm³/mol. The molecular weight excluding hydrogens is 235 g/mol. The first kappa shape index (κ1) is 12.9. The SMILES string of the molecule is N#Cc1ccc(C(=O)CC(=O)C(F)(F)F)cc1. The van der Waals surface area contributed by atoms with Gasteiger partial charge in [-0.3, -0.25) is 9.59 Å². The largest absolute Gasteiger partial charge is 0.450 e. The van der Waals surface area contributed by atoms with Crippen LogP contribution in [0.15, 0.2) is 24.3 Å². The Morgan fingerprint density at radius 2 is 1.71 bits per heavy atom. The molecule has 1 aromatic carbocycles. The van der Waals surface area contributed by atoms with Gasteiger partial charge in [0.25, 0.3) is 0 Å². The number of ketones is 2. The monoisotopic (exact) mass is 241 g/mol. The van der Waals surface area contributed by atoms with Crippen molar-refractivity contribution in [2.24, 2.45) is 0 Å². The van der Waals surface area contributed by atoms with Crippen molar-refractivity contribution >= 4 is 11.6 Å². The minimum absolute atomic E-state index is 0.0263. The van der Waals surface area contributed by atoms with Gasteiger partial charge in [-0.05, 0) is 12.1 Å². The van der Waals surface area contributed by atoms with Gasteiger partial charge in [-0.1, -0.05) is 12.1 Å². The Bertz CT molecular complexity index is 483. The molecule has 1 rings (SSSR count). The van der Waals surface area contributed by atoms with Crippen molar-refractivity contribution in [1.29, 1.82) is 5.26 Å². The van der Waals surface area contributed by atoms with Crippen LogP contribution in [-0.2, 0) is 4.79 Å². The normalized spacial score (nSPS) is 10.7. The van der Waals surface area contributed by atoms with Crippen molar-refractivity contribution in [3.05, 3.63) is 35.4 Å². The number of rotatable bonds is 3. The Labute approximate surface area is 94.5 Å². The fraction of sp³-hybridized carbons (Fsp3) is 0.182. The Hall–Kier alpha value is -2.16. The van der Waals surface area contributed by atoms with E-state index in [4.69, 9.17) is 5.26 Å². The number of hydrogen-bond acceptors (Lipinski definition) is 3. The lowest BCUT2D eigenvalue weighted by atomic mass is 10.0. The van der Waals surface area contributed by atoms with Crippen LogP contribution >= 0.6 is 0 Å². The van der Waals surface area contributed by atoms with E-state index >= 15 is 0 Å². The second-order valence-electron chi connectivity index (χ2n) is 3.21. The van der Waals surface area contributed by atoms with Crippen LogP contribution in [0, 0.1) is 11.3 Å².